The maximum Gasteiger partial charge on any atom is 0.185 e. The zero-order valence-electron chi connectivity index (χ0n) is 9.90. The fourth-order valence-electron chi connectivity index (χ4n) is 2.21. The lowest BCUT2D eigenvalue weighted by atomic mass is 9.95. The van der Waals surface area contributed by atoms with E-state index in [-0.39, 0.29) is 5.78 Å². The van der Waals surface area contributed by atoms with Crippen molar-refractivity contribution in [2.45, 2.75) is 45.1 Å². The molecule has 1 aliphatic carbocycles. The number of carbonyl (C=O) groups excluding carboxylic acids is 1. The molecule has 1 aromatic heterocycles. The Balaban J connectivity index is 2.07. The molecule has 0 unspecified atom stereocenters. The number of hydrogen-bond donors (Lipinski definition) is 0. The molecule has 16 heavy (non-hydrogen) atoms. The van der Waals surface area contributed by atoms with Crippen molar-refractivity contribution >= 4 is 22.3 Å². The third kappa shape index (κ3) is 2.43. The summed E-state index contributed by atoms with van der Waals surface area (Å²) in [6.45, 7) is 1.57. The zero-order valence-corrected chi connectivity index (χ0v) is 10.7. The van der Waals surface area contributed by atoms with E-state index in [2.05, 4.69) is 16.9 Å². The van der Waals surface area contributed by atoms with Gasteiger partial charge < -0.3 is 4.90 Å². The van der Waals surface area contributed by atoms with Gasteiger partial charge in [0.05, 0.1) is 0 Å². The average Bonchev–Trinajstić information content (AvgIpc) is 2.78. The number of ketones is 1. The van der Waals surface area contributed by atoms with Crippen LogP contribution in [-0.4, -0.2) is 23.9 Å². The molecule has 88 valence electrons. The minimum absolute atomic E-state index is 0.0551. The van der Waals surface area contributed by atoms with Crippen molar-refractivity contribution in [3.63, 3.8) is 0 Å². The van der Waals surface area contributed by atoms with E-state index in [1.54, 1.807) is 18.3 Å². The molecule has 0 saturated heterocycles. The molecular weight excluding hydrogens is 220 g/mol. The average molecular weight is 238 g/mol. The number of hydrogen-bond acceptors (Lipinski definition) is 4. The van der Waals surface area contributed by atoms with Gasteiger partial charge in [0.25, 0.3) is 0 Å². The predicted molar refractivity (Wildman–Crippen MR) is 67.4 cm³/mol. The van der Waals surface area contributed by atoms with Crippen LogP contribution in [0.3, 0.4) is 0 Å². The third-order valence-corrected chi connectivity index (χ3v) is 4.21. The highest BCUT2D eigenvalue weighted by Crippen LogP contribution is 2.28. The smallest absolute Gasteiger partial charge is 0.185 e. The number of carbonyl (C=O) groups is 1. The van der Waals surface area contributed by atoms with Crippen molar-refractivity contribution in [2.24, 2.45) is 0 Å². The standard InChI is InChI=1S/C12H18N2OS/c1-9(15)11-8-16-12(13-11)14(2)10-6-4-3-5-7-10/h8,10H,3-7H2,1-2H3. The molecule has 3 nitrogen and oxygen atoms in total. The first kappa shape index (κ1) is 11.6. The van der Waals surface area contributed by atoms with E-state index >= 15 is 0 Å². The molecule has 0 bridgehead atoms. The van der Waals surface area contributed by atoms with Crippen LogP contribution < -0.4 is 4.90 Å². The minimum Gasteiger partial charge on any atom is -0.348 e. The fourth-order valence-corrected chi connectivity index (χ4v) is 3.11. The first-order valence-corrected chi connectivity index (χ1v) is 6.76. The van der Waals surface area contributed by atoms with Gasteiger partial charge in [-0.3, -0.25) is 4.79 Å². The van der Waals surface area contributed by atoms with Crippen molar-refractivity contribution in [1.29, 1.82) is 0 Å². The molecule has 4 heteroatoms. The Morgan fingerprint density at radius 3 is 2.69 bits per heavy atom. The van der Waals surface area contributed by atoms with Crippen LogP contribution in [0, 0.1) is 0 Å². The number of thiazole rings is 1. The molecule has 1 saturated carbocycles. The second kappa shape index (κ2) is 4.95. The number of aromatic nitrogens is 1. The van der Waals surface area contributed by atoms with Gasteiger partial charge in [-0.1, -0.05) is 19.3 Å². The van der Waals surface area contributed by atoms with Crippen LogP contribution in [0.1, 0.15) is 49.5 Å². The Bertz CT molecular complexity index is 369. The van der Waals surface area contributed by atoms with Gasteiger partial charge in [-0.25, -0.2) is 4.98 Å². The summed E-state index contributed by atoms with van der Waals surface area (Å²) >= 11 is 1.57. The predicted octanol–water partition coefficient (Wildman–Crippen LogP) is 3.11. The van der Waals surface area contributed by atoms with Crippen LogP contribution in [-0.2, 0) is 0 Å². The molecular formula is C12H18N2OS. The first-order valence-electron chi connectivity index (χ1n) is 5.88. The van der Waals surface area contributed by atoms with Crippen LogP contribution >= 0.6 is 11.3 Å². The summed E-state index contributed by atoms with van der Waals surface area (Å²) in [6, 6.07) is 0.611. The monoisotopic (exact) mass is 238 g/mol. The van der Waals surface area contributed by atoms with E-state index in [9.17, 15) is 4.79 Å². The van der Waals surface area contributed by atoms with E-state index in [0.29, 0.717) is 11.7 Å². The van der Waals surface area contributed by atoms with Crippen molar-refractivity contribution in [1.82, 2.24) is 4.98 Å². The molecule has 0 amide bonds. The summed E-state index contributed by atoms with van der Waals surface area (Å²) in [5.41, 5.74) is 0.600. The van der Waals surface area contributed by atoms with Gasteiger partial charge in [0, 0.05) is 25.4 Å². The fraction of sp³-hybridized carbons (Fsp3) is 0.667. The Morgan fingerprint density at radius 2 is 2.12 bits per heavy atom. The zero-order chi connectivity index (χ0) is 11.5. The molecule has 1 aromatic rings. The molecule has 1 heterocycles. The van der Waals surface area contributed by atoms with Gasteiger partial charge in [0.2, 0.25) is 0 Å². The highest BCUT2D eigenvalue weighted by molar-refractivity contribution is 7.13. The summed E-state index contributed by atoms with van der Waals surface area (Å²) in [7, 11) is 2.10. The van der Waals surface area contributed by atoms with Crippen LogP contribution in [0.2, 0.25) is 0 Å². The second-order valence-electron chi connectivity index (χ2n) is 4.47. The molecule has 0 aromatic carbocycles. The Labute approximate surface area is 100 Å². The second-order valence-corrected chi connectivity index (χ2v) is 5.31. The van der Waals surface area contributed by atoms with Gasteiger partial charge in [0.1, 0.15) is 5.69 Å². The van der Waals surface area contributed by atoms with Crippen molar-refractivity contribution in [3.8, 4) is 0 Å². The quantitative estimate of drug-likeness (QED) is 0.759. The number of rotatable bonds is 3. The van der Waals surface area contributed by atoms with E-state index in [1.165, 1.54) is 32.1 Å². The van der Waals surface area contributed by atoms with Gasteiger partial charge in [-0.2, -0.15) is 0 Å². The Morgan fingerprint density at radius 1 is 1.44 bits per heavy atom. The number of Topliss-reactive ketones (excluding diaryl/α,β-unsaturated/α-hetero) is 1. The van der Waals surface area contributed by atoms with Crippen LogP contribution in [0.4, 0.5) is 5.13 Å². The van der Waals surface area contributed by atoms with E-state index in [1.807, 2.05) is 5.38 Å². The van der Waals surface area contributed by atoms with Crippen LogP contribution in [0.15, 0.2) is 5.38 Å². The summed E-state index contributed by atoms with van der Waals surface area (Å²) in [4.78, 5) is 17.8. The van der Waals surface area contributed by atoms with Crippen molar-refractivity contribution < 1.29 is 4.79 Å². The van der Waals surface area contributed by atoms with Gasteiger partial charge in [-0.15, -0.1) is 11.3 Å². The van der Waals surface area contributed by atoms with E-state index in [4.69, 9.17) is 0 Å². The van der Waals surface area contributed by atoms with Gasteiger partial charge >= 0.3 is 0 Å². The molecule has 1 aliphatic rings. The molecule has 2 rings (SSSR count). The Kier molecular flexibility index (Phi) is 3.59. The molecule has 0 aliphatic heterocycles. The van der Waals surface area contributed by atoms with Crippen molar-refractivity contribution in [2.75, 3.05) is 11.9 Å². The highest BCUT2D eigenvalue weighted by atomic mass is 32.1. The SMILES string of the molecule is CC(=O)c1csc(N(C)C2CCCCC2)n1. The lowest BCUT2D eigenvalue weighted by molar-refractivity contribution is 0.101. The summed E-state index contributed by atoms with van der Waals surface area (Å²) in [5.74, 6) is 0.0551. The largest absolute Gasteiger partial charge is 0.348 e. The lowest BCUT2D eigenvalue weighted by Gasteiger charge is -2.30. The first-order chi connectivity index (χ1) is 7.68. The molecule has 0 atom stereocenters. The number of nitrogens with zero attached hydrogens (tertiary/aromatic N) is 2. The maximum atomic E-state index is 11.2. The van der Waals surface area contributed by atoms with E-state index < -0.39 is 0 Å². The summed E-state index contributed by atoms with van der Waals surface area (Å²) in [5, 5.41) is 2.84. The molecule has 0 N–H and O–H groups in total. The van der Waals surface area contributed by atoms with Gasteiger partial charge in [0.15, 0.2) is 10.9 Å². The van der Waals surface area contributed by atoms with E-state index in [0.717, 1.165) is 5.13 Å². The van der Waals surface area contributed by atoms with Crippen molar-refractivity contribution in [3.05, 3.63) is 11.1 Å². The number of anilines is 1. The lowest BCUT2D eigenvalue weighted by Crippen LogP contribution is -2.33. The van der Waals surface area contributed by atoms with Gasteiger partial charge in [-0.05, 0) is 12.8 Å². The Hall–Kier alpha value is -0.900. The normalized spacial score (nSPS) is 17.4. The van der Waals surface area contributed by atoms with Crippen LogP contribution in [0.25, 0.3) is 0 Å². The minimum atomic E-state index is 0.0551. The summed E-state index contributed by atoms with van der Waals surface area (Å²) in [6.07, 6.45) is 6.51. The topological polar surface area (TPSA) is 33.2 Å². The molecule has 1 fully saturated rings. The summed E-state index contributed by atoms with van der Waals surface area (Å²) < 4.78 is 0. The van der Waals surface area contributed by atoms with Crippen LogP contribution in [0.5, 0.6) is 0 Å². The third-order valence-electron chi connectivity index (χ3n) is 3.28. The maximum absolute atomic E-state index is 11.2. The highest BCUT2D eigenvalue weighted by Gasteiger charge is 2.20. The molecule has 0 radical (unpaired) electrons. The molecule has 0 spiro atoms.